The van der Waals surface area contributed by atoms with Crippen LogP contribution in [0.1, 0.15) is 18.2 Å². The monoisotopic (exact) mass is 213 g/mol. The zero-order chi connectivity index (χ0) is 11.3. The highest BCUT2D eigenvalue weighted by Gasteiger charge is 2.08. The standard InChI is InChI=1S/C10H12FNO3/c1-2-7-5-12-8(3-9(7)11)4-10(14)15-6-13/h3,5,13H,2,4,6H2,1H3. The second-order valence-electron chi connectivity index (χ2n) is 2.94. The van der Waals surface area contributed by atoms with E-state index in [0.29, 0.717) is 17.7 Å². The Labute approximate surface area is 86.7 Å². The first-order valence-corrected chi connectivity index (χ1v) is 4.57. The molecule has 0 fully saturated rings. The largest absolute Gasteiger partial charge is 0.438 e. The van der Waals surface area contributed by atoms with Gasteiger partial charge >= 0.3 is 5.97 Å². The van der Waals surface area contributed by atoms with Gasteiger partial charge in [-0.15, -0.1) is 0 Å². The lowest BCUT2D eigenvalue weighted by atomic mass is 10.2. The molecule has 0 amide bonds. The fraction of sp³-hybridized carbons (Fsp3) is 0.400. The molecule has 1 N–H and O–H groups in total. The molecule has 1 heterocycles. The van der Waals surface area contributed by atoms with Crippen molar-refractivity contribution in [1.29, 1.82) is 0 Å². The van der Waals surface area contributed by atoms with E-state index >= 15 is 0 Å². The van der Waals surface area contributed by atoms with Crippen molar-refractivity contribution in [3.8, 4) is 0 Å². The molecule has 1 aromatic rings. The van der Waals surface area contributed by atoms with Crippen LogP contribution in [0.25, 0.3) is 0 Å². The number of aliphatic hydroxyl groups excluding tert-OH is 1. The third-order valence-corrected chi connectivity index (χ3v) is 1.92. The number of nitrogens with zero attached hydrogens (tertiary/aromatic N) is 1. The first kappa shape index (κ1) is 11.6. The van der Waals surface area contributed by atoms with E-state index in [1.54, 1.807) is 0 Å². The maximum atomic E-state index is 13.2. The van der Waals surface area contributed by atoms with Gasteiger partial charge in [0.1, 0.15) is 5.82 Å². The average Bonchev–Trinajstić information content (AvgIpc) is 2.18. The van der Waals surface area contributed by atoms with Crippen molar-refractivity contribution in [1.82, 2.24) is 4.98 Å². The molecule has 4 nitrogen and oxygen atoms in total. The van der Waals surface area contributed by atoms with Crippen molar-refractivity contribution in [3.05, 3.63) is 29.3 Å². The Hall–Kier alpha value is -1.49. The van der Waals surface area contributed by atoms with Crippen LogP contribution in [0, 0.1) is 5.82 Å². The number of hydrogen-bond acceptors (Lipinski definition) is 4. The highest BCUT2D eigenvalue weighted by atomic mass is 19.1. The minimum absolute atomic E-state index is 0.137. The molecule has 1 aromatic heterocycles. The molecule has 15 heavy (non-hydrogen) atoms. The molecular formula is C10H12FNO3. The molecule has 0 saturated carbocycles. The first-order chi connectivity index (χ1) is 7.17. The van der Waals surface area contributed by atoms with Gasteiger partial charge in [0.05, 0.1) is 12.1 Å². The number of carbonyl (C=O) groups is 1. The number of aromatic nitrogens is 1. The Morgan fingerprint density at radius 3 is 2.93 bits per heavy atom. The summed E-state index contributed by atoms with van der Waals surface area (Å²) < 4.78 is 17.5. The number of hydrogen-bond donors (Lipinski definition) is 1. The molecule has 0 unspecified atom stereocenters. The lowest BCUT2D eigenvalue weighted by Gasteiger charge is -2.03. The molecule has 5 heteroatoms. The fourth-order valence-electron chi connectivity index (χ4n) is 1.13. The van der Waals surface area contributed by atoms with Crippen LogP contribution >= 0.6 is 0 Å². The highest BCUT2D eigenvalue weighted by Crippen LogP contribution is 2.08. The van der Waals surface area contributed by atoms with E-state index in [0.717, 1.165) is 0 Å². The molecule has 0 radical (unpaired) electrons. The van der Waals surface area contributed by atoms with Crippen LogP contribution in [0.15, 0.2) is 12.3 Å². The van der Waals surface area contributed by atoms with Gasteiger partial charge in [0.25, 0.3) is 0 Å². The van der Waals surface area contributed by atoms with Gasteiger partial charge in [0.15, 0.2) is 6.79 Å². The SMILES string of the molecule is CCc1cnc(CC(=O)OCO)cc1F. The van der Waals surface area contributed by atoms with Crippen molar-refractivity contribution in [2.24, 2.45) is 0 Å². The van der Waals surface area contributed by atoms with Gasteiger partial charge < -0.3 is 9.84 Å². The van der Waals surface area contributed by atoms with E-state index in [1.165, 1.54) is 12.3 Å². The van der Waals surface area contributed by atoms with Gasteiger partial charge in [-0.05, 0) is 12.5 Å². The van der Waals surface area contributed by atoms with Gasteiger partial charge in [-0.3, -0.25) is 9.78 Å². The minimum Gasteiger partial charge on any atom is -0.438 e. The summed E-state index contributed by atoms with van der Waals surface area (Å²) in [4.78, 5) is 14.8. The van der Waals surface area contributed by atoms with Crippen LogP contribution in [0.3, 0.4) is 0 Å². The van der Waals surface area contributed by atoms with E-state index in [1.807, 2.05) is 6.92 Å². The Kier molecular flexibility index (Phi) is 4.17. The van der Waals surface area contributed by atoms with Crippen molar-refractivity contribution < 1.29 is 19.0 Å². The van der Waals surface area contributed by atoms with Crippen molar-refractivity contribution in [2.45, 2.75) is 19.8 Å². The van der Waals surface area contributed by atoms with E-state index in [4.69, 9.17) is 5.11 Å². The third kappa shape index (κ3) is 3.28. The molecule has 0 bridgehead atoms. The normalized spacial score (nSPS) is 10.1. The maximum Gasteiger partial charge on any atom is 0.313 e. The Morgan fingerprint density at radius 2 is 2.40 bits per heavy atom. The predicted molar refractivity (Wildman–Crippen MR) is 50.5 cm³/mol. The highest BCUT2D eigenvalue weighted by molar-refractivity contribution is 5.71. The Bertz CT molecular complexity index is 355. The summed E-state index contributed by atoms with van der Waals surface area (Å²) in [5.74, 6) is -1.01. The number of carbonyl (C=O) groups excluding carboxylic acids is 1. The van der Waals surface area contributed by atoms with Crippen LogP contribution < -0.4 is 0 Å². The summed E-state index contributed by atoms with van der Waals surface area (Å²) in [6, 6.07) is 1.21. The van der Waals surface area contributed by atoms with E-state index < -0.39 is 12.8 Å². The molecule has 0 spiro atoms. The molecule has 0 aliphatic carbocycles. The number of esters is 1. The Balaban J connectivity index is 2.71. The number of halogens is 1. The van der Waals surface area contributed by atoms with Gasteiger partial charge in [-0.1, -0.05) is 6.92 Å². The minimum atomic E-state index is -0.672. The van der Waals surface area contributed by atoms with Crippen LogP contribution in [0.5, 0.6) is 0 Å². The van der Waals surface area contributed by atoms with Crippen molar-refractivity contribution in [2.75, 3.05) is 6.79 Å². The summed E-state index contributed by atoms with van der Waals surface area (Å²) >= 11 is 0. The smallest absolute Gasteiger partial charge is 0.313 e. The lowest BCUT2D eigenvalue weighted by Crippen LogP contribution is -2.10. The van der Waals surface area contributed by atoms with Crippen LogP contribution in [-0.2, 0) is 22.4 Å². The summed E-state index contributed by atoms with van der Waals surface area (Å²) in [5.41, 5.74) is 0.803. The third-order valence-electron chi connectivity index (χ3n) is 1.92. The van der Waals surface area contributed by atoms with E-state index in [2.05, 4.69) is 9.72 Å². The molecule has 82 valence electrons. The molecule has 0 aliphatic rings. The molecule has 0 aliphatic heterocycles. The molecular weight excluding hydrogens is 201 g/mol. The first-order valence-electron chi connectivity index (χ1n) is 4.57. The summed E-state index contributed by atoms with van der Waals surface area (Å²) in [6.07, 6.45) is 1.82. The average molecular weight is 213 g/mol. The number of ether oxygens (including phenoxy) is 1. The number of aryl methyl sites for hydroxylation is 1. The molecule has 0 saturated heterocycles. The second kappa shape index (κ2) is 5.41. The number of aliphatic hydroxyl groups is 1. The van der Waals surface area contributed by atoms with Crippen molar-refractivity contribution >= 4 is 5.97 Å². The molecule has 0 atom stereocenters. The lowest BCUT2D eigenvalue weighted by molar-refractivity contribution is -0.150. The van der Waals surface area contributed by atoms with Gasteiger partial charge in [0.2, 0.25) is 0 Å². The second-order valence-corrected chi connectivity index (χ2v) is 2.94. The van der Waals surface area contributed by atoms with Crippen LogP contribution in [-0.4, -0.2) is 22.9 Å². The molecule has 0 aromatic carbocycles. The van der Waals surface area contributed by atoms with Crippen molar-refractivity contribution in [3.63, 3.8) is 0 Å². The van der Waals surface area contributed by atoms with Crippen LogP contribution in [0.2, 0.25) is 0 Å². The number of pyridine rings is 1. The zero-order valence-corrected chi connectivity index (χ0v) is 8.36. The summed E-state index contributed by atoms with van der Waals surface area (Å²) in [5, 5.41) is 8.31. The topological polar surface area (TPSA) is 59.4 Å². The summed E-state index contributed by atoms with van der Waals surface area (Å²) in [6.45, 7) is 1.15. The quantitative estimate of drug-likeness (QED) is 0.594. The van der Waals surface area contributed by atoms with Gasteiger partial charge in [-0.25, -0.2) is 4.39 Å². The van der Waals surface area contributed by atoms with Crippen LogP contribution in [0.4, 0.5) is 4.39 Å². The zero-order valence-electron chi connectivity index (χ0n) is 8.36. The van der Waals surface area contributed by atoms with E-state index in [9.17, 15) is 9.18 Å². The van der Waals surface area contributed by atoms with E-state index in [-0.39, 0.29) is 12.2 Å². The fourth-order valence-corrected chi connectivity index (χ4v) is 1.13. The van der Waals surface area contributed by atoms with Gasteiger partial charge in [0, 0.05) is 11.8 Å². The summed E-state index contributed by atoms with van der Waals surface area (Å²) in [7, 11) is 0. The predicted octanol–water partition coefficient (Wildman–Crippen LogP) is 0.819. The number of rotatable bonds is 4. The Morgan fingerprint density at radius 1 is 1.67 bits per heavy atom. The maximum absolute atomic E-state index is 13.2. The van der Waals surface area contributed by atoms with Gasteiger partial charge in [-0.2, -0.15) is 0 Å². The molecule has 1 rings (SSSR count).